The predicted molar refractivity (Wildman–Crippen MR) is 93.4 cm³/mol. The number of amides is 3. The molecule has 1 aliphatic rings. The highest BCUT2D eigenvalue weighted by Crippen LogP contribution is 2.10. The van der Waals surface area contributed by atoms with Crippen molar-refractivity contribution in [3.63, 3.8) is 0 Å². The molecule has 3 amide bonds. The van der Waals surface area contributed by atoms with Crippen molar-refractivity contribution in [3.05, 3.63) is 35.9 Å². The molecule has 2 atom stereocenters. The normalized spacial score (nSPS) is 17.7. The van der Waals surface area contributed by atoms with Crippen LogP contribution in [0.2, 0.25) is 0 Å². The summed E-state index contributed by atoms with van der Waals surface area (Å²) in [7, 11) is 0. The molecular formula is C18H25N3O5. The number of nitrogens with zero attached hydrogens (tertiary/aromatic N) is 1. The van der Waals surface area contributed by atoms with E-state index in [1.165, 1.54) is 0 Å². The summed E-state index contributed by atoms with van der Waals surface area (Å²) in [6, 6.07) is 7.57. The molecule has 1 saturated heterocycles. The summed E-state index contributed by atoms with van der Waals surface area (Å²) in [5.74, 6) is -1.04. The highest BCUT2D eigenvalue weighted by molar-refractivity contribution is 5.92. The lowest BCUT2D eigenvalue weighted by atomic mass is 10.0. The highest BCUT2D eigenvalue weighted by atomic mass is 16.5. The molecule has 0 radical (unpaired) electrons. The number of rotatable bonds is 8. The van der Waals surface area contributed by atoms with E-state index in [2.05, 4.69) is 10.6 Å². The Balaban J connectivity index is 2.00. The number of carbonyl (C=O) groups excluding carboxylic acids is 3. The van der Waals surface area contributed by atoms with Crippen molar-refractivity contribution in [2.75, 3.05) is 13.2 Å². The van der Waals surface area contributed by atoms with Gasteiger partial charge in [-0.05, 0) is 18.4 Å². The molecule has 1 heterocycles. The zero-order chi connectivity index (χ0) is 18.9. The minimum Gasteiger partial charge on any atom is -0.450 e. The van der Waals surface area contributed by atoms with Crippen LogP contribution in [-0.2, 0) is 20.7 Å². The zero-order valence-corrected chi connectivity index (χ0v) is 14.8. The van der Waals surface area contributed by atoms with Crippen LogP contribution in [0.15, 0.2) is 30.3 Å². The van der Waals surface area contributed by atoms with Crippen molar-refractivity contribution in [1.29, 1.82) is 0 Å². The lowest BCUT2D eigenvalue weighted by molar-refractivity contribution is -0.159. The van der Waals surface area contributed by atoms with Crippen LogP contribution in [0.1, 0.15) is 31.7 Å². The molecular weight excluding hydrogens is 338 g/mol. The lowest BCUT2D eigenvalue weighted by Gasteiger charge is -2.20. The maximum absolute atomic E-state index is 12.6. The third-order valence-electron chi connectivity index (χ3n) is 4.12. The van der Waals surface area contributed by atoms with E-state index in [4.69, 9.17) is 4.74 Å². The van der Waals surface area contributed by atoms with E-state index in [1.54, 1.807) is 0 Å². The van der Waals surface area contributed by atoms with Crippen molar-refractivity contribution < 1.29 is 24.3 Å². The van der Waals surface area contributed by atoms with Gasteiger partial charge in [-0.15, -0.1) is 0 Å². The summed E-state index contributed by atoms with van der Waals surface area (Å²) < 4.78 is 5.06. The molecule has 0 unspecified atom stereocenters. The monoisotopic (exact) mass is 363 g/mol. The number of hydrogen-bond donors (Lipinski definition) is 3. The zero-order valence-electron chi connectivity index (χ0n) is 14.8. The number of hydrogen-bond acceptors (Lipinski definition) is 5. The fraction of sp³-hybridized carbons (Fsp3) is 0.500. The Labute approximate surface area is 152 Å². The number of unbranched alkanes of at least 4 members (excludes halogenated alkanes) is 1. The molecule has 142 valence electrons. The van der Waals surface area contributed by atoms with Gasteiger partial charge in [0.25, 0.3) is 5.91 Å². The van der Waals surface area contributed by atoms with Crippen LogP contribution in [0.4, 0.5) is 4.79 Å². The van der Waals surface area contributed by atoms with Gasteiger partial charge in [-0.3, -0.25) is 14.8 Å². The maximum atomic E-state index is 12.6. The van der Waals surface area contributed by atoms with Gasteiger partial charge in [0, 0.05) is 6.42 Å². The largest absolute Gasteiger partial charge is 0.450 e. The van der Waals surface area contributed by atoms with Crippen LogP contribution in [-0.4, -0.2) is 53.4 Å². The molecule has 0 bridgehead atoms. The molecule has 26 heavy (non-hydrogen) atoms. The standard InChI is InChI=1S/C18H25N3O5/c1-2-3-11-26-18(24)20-15(12-13-7-5-4-6-8-13)16(22)19-14-9-10-21(25)17(14)23/h4-8,14-15,25H,2-3,9-12H2,1H3,(H,19,22)(H,20,24)/t14-,15+/m1/s1. The first-order chi connectivity index (χ1) is 12.5. The fourth-order valence-electron chi connectivity index (χ4n) is 2.62. The smallest absolute Gasteiger partial charge is 0.407 e. The summed E-state index contributed by atoms with van der Waals surface area (Å²) in [6.07, 6.45) is 1.55. The topological polar surface area (TPSA) is 108 Å². The highest BCUT2D eigenvalue weighted by Gasteiger charge is 2.34. The predicted octanol–water partition coefficient (Wildman–Crippen LogP) is 1.23. The molecule has 8 nitrogen and oxygen atoms in total. The molecule has 8 heteroatoms. The summed E-state index contributed by atoms with van der Waals surface area (Å²) in [4.78, 5) is 36.3. The Morgan fingerprint density at radius 2 is 2.08 bits per heavy atom. The fourth-order valence-corrected chi connectivity index (χ4v) is 2.62. The van der Waals surface area contributed by atoms with Gasteiger partial charge in [0.15, 0.2) is 0 Å². The van der Waals surface area contributed by atoms with Gasteiger partial charge < -0.3 is 15.4 Å². The molecule has 2 rings (SSSR count). The Bertz CT molecular complexity index is 623. The van der Waals surface area contributed by atoms with Crippen LogP contribution in [0.3, 0.4) is 0 Å². The minimum absolute atomic E-state index is 0.166. The van der Waals surface area contributed by atoms with Crippen molar-refractivity contribution in [3.8, 4) is 0 Å². The van der Waals surface area contributed by atoms with E-state index < -0.39 is 30.0 Å². The first kappa shape index (κ1) is 19.7. The van der Waals surface area contributed by atoms with Gasteiger partial charge >= 0.3 is 6.09 Å². The molecule has 0 spiro atoms. The molecule has 1 aromatic carbocycles. The van der Waals surface area contributed by atoms with Gasteiger partial charge in [0.1, 0.15) is 12.1 Å². The summed E-state index contributed by atoms with van der Waals surface area (Å²) in [6.45, 7) is 2.43. The average molecular weight is 363 g/mol. The Morgan fingerprint density at radius 1 is 1.35 bits per heavy atom. The van der Waals surface area contributed by atoms with E-state index in [0.29, 0.717) is 11.5 Å². The van der Waals surface area contributed by atoms with E-state index in [9.17, 15) is 19.6 Å². The van der Waals surface area contributed by atoms with Crippen molar-refractivity contribution in [1.82, 2.24) is 15.7 Å². The molecule has 1 aliphatic heterocycles. The number of ether oxygens (including phenoxy) is 1. The number of benzene rings is 1. The molecule has 0 aliphatic carbocycles. The van der Waals surface area contributed by atoms with Crippen LogP contribution < -0.4 is 10.6 Å². The first-order valence-electron chi connectivity index (χ1n) is 8.79. The van der Waals surface area contributed by atoms with Crippen LogP contribution in [0.25, 0.3) is 0 Å². The van der Waals surface area contributed by atoms with E-state index in [0.717, 1.165) is 18.4 Å². The molecule has 0 saturated carbocycles. The van der Waals surface area contributed by atoms with Crippen LogP contribution in [0.5, 0.6) is 0 Å². The molecule has 3 N–H and O–H groups in total. The third kappa shape index (κ3) is 5.73. The van der Waals surface area contributed by atoms with Crippen LogP contribution >= 0.6 is 0 Å². The number of carbonyl (C=O) groups is 3. The third-order valence-corrected chi connectivity index (χ3v) is 4.12. The van der Waals surface area contributed by atoms with Crippen molar-refractivity contribution in [2.45, 2.75) is 44.7 Å². The number of nitrogens with one attached hydrogen (secondary N) is 2. The maximum Gasteiger partial charge on any atom is 0.407 e. The lowest BCUT2D eigenvalue weighted by Crippen LogP contribution is -2.52. The van der Waals surface area contributed by atoms with E-state index >= 15 is 0 Å². The molecule has 1 aromatic rings. The Kier molecular flexibility index (Phi) is 7.40. The second-order valence-corrected chi connectivity index (χ2v) is 6.19. The first-order valence-corrected chi connectivity index (χ1v) is 8.79. The second-order valence-electron chi connectivity index (χ2n) is 6.19. The molecule has 1 fully saturated rings. The SMILES string of the molecule is CCCCOC(=O)N[C@@H](Cc1ccccc1)C(=O)N[C@@H]1CCN(O)C1=O. The van der Waals surface area contributed by atoms with Gasteiger partial charge in [-0.2, -0.15) is 0 Å². The number of alkyl carbamates (subject to hydrolysis) is 1. The van der Waals surface area contributed by atoms with Crippen molar-refractivity contribution in [2.24, 2.45) is 0 Å². The summed E-state index contributed by atoms with van der Waals surface area (Å²) >= 11 is 0. The second kappa shape index (κ2) is 9.76. The Morgan fingerprint density at radius 3 is 2.69 bits per heavy atom. The summed E-state index contributed by atoms with van der Waals surface area (Å²) in [5, 5.41) is 15.1. The van der Waals surface area contributed by atoms with Gasteiger partial charge in [-0.25, -0.2) is 9.86 Å². The van der Waals surface area contributed by atoms with Crippen LogP contribution in [0, 0.1) is 0 Å². The average Bonchev–Trinajstić information content (AvgIpc) is 2.94. The van der Waals surface area contributed by atoms with E-state index in [-0.39, 0.29) is 19.6 Å². The quantitative estimate of drug-likeness (QED) is 0.476. The van der Waals surface area contributed by atoms with Crippen molar-refractivity contribution >= 4 is 17.9 Å². The molecule has 0 aromatic heterocycles. The van der Waals surface area contributed by atoms with E-state index in [1.807, 2.05) is 37.3 Å². The minimum atomic E-state index is -0.882. The number of hydroxylamine groups is 2. The van der Waals surface area contributed by atoms with Gasteiger partial charge in [-0.1, -0.05) is 43.7 Å². The van der Waals surface area contributed by atoms with Gasteiger partial charge in [0.05, 0.1) is 13.2 Å². The van der Waals surface area contributed by atoms with Gasteiger partial charge in [0.2, 0.25) is 5.91 Å². The Hall–Kier alpha value is -2.61. The summed E-state index contributed by atoms with van der Waals surface area (Å²) in [5.41, 5.74) is 0.864.